The van der Waals surface area contributed by atoms with E-state index in [1.807, 2.05) is 48.5 Å². The zero-order valence-electron chi connectivity index (χ0n) is 23.8. The number of hydrogen-bond acceptors (Lipinski definition) is 6. The number of imidazole rings is 1. The summed E-state index contributed by atoms with van der Waals surface area (Å²) in [6.45, 7) is 0. The second kappa shape index (κ2) is 11.1. The van der Waals surface area contributed by atoms with Crippen molar-refractivity contribution in [2.75, 3.05) is 12.4 Å². The standard InChI is InChI=1S/C33H36N6O3/c1-42-30-9-5-4-8-25(30)20-10-16-27-26(18-20)31(38-37-27)36-33-35-28-19-21(32(41)34-22-6-2-3-7-22)11-17-29(28)39(33)23-12-14-24(40)15-13-23/h4-5,8-11,16-19,22-24,40H,2-3,6-7,12-15H2,1H3,(H,34,41)(H2,35,36,37,38)/t23-,24-. The average Bonchev–Trinajstić information content (AvgIpc) is 3.76. The van der Waals surface area contributed by atoms with E-state index in [9.17, 15) is 9.90 Å². The molecule has 0 spiro atoms. The van der Waals surface area contributed by atoms with E-state index in [1.54, 1.807) is 7.11 Å². The van der Waals surface area contributed by atoms with E-state index in [0.29, 0.717) is 17.3 Å². The van der Waals surface area contributed by atoms with Crippen LogP contribution in [-0.4, -0.2) is 50.0 Å². The molecule has 0 unspecified atom stereocenters. The molecule has 2 saturated carbocycles. The highest BCUT2D eigenvalue weighted by Gasteiger charge is 2.26. The largest absolute Gasteiger partial charge is 0.496 e. The number of nitrogens with one attached hydrogen (secondary N) is 3. The fraction of sp³-hybridized carbons (Fsp3) is 0.364. The molecule has 0 aliphatic heterocycles. The summed E-state index contributed by atoms with van der Waals surface area (Å²) in [4.78, 5) is 18.1. The van der Waals surface area contributed by atoms with Gasteiger partial charge in [0.05, 0.1) is 29.8 Å². The average molecular weight is 565 g/mol. The van der Waals surface area contributed by atoms with Gasteiger partial charge in [0.15, 0.2) is 5.82 Å². The van der Waals surface area contributed by atoms with Gasteiger partial charge in [-0.2, -0.15) is 5.10 Å². The van der Waals surface area contributed by atoms with Crippen molar-refractivity contribution in [3.8, 4) is 16.9 Å². The number of aromatic nitrogens is 4. The number of para-hydroxylation sites is 1. The molecule has 1 amide bonds. The summed E-state index contributed by atoms with van der Waals surface area (Å²) >= 11 is 0. The maximum Gasteiger partial charge on any atom is 0.251 e. The number of carbonyl (C=O) groups is 1. The lowest BCUT2D eigenvalue weighted by molar-refractivity contribution is 0.0938. The van der Waals surface area contributed by atoms with E-state index >= 15 is 0 Å². The molecule has 2 aliphatic carbocycles. The van der Waals surface area contributed by atoms with E-state index < -0.39 is 0 Å². The number of hydrogen-bond donors (Lipinski definition) is 4. The number of ether oxygens (including phenoxy) is 1. The number of aromatic amines is 1. The van der Waals surface area contributed by atoms with E-state index in [0.717, 1.165) is 77.3 Å². The first-order chi connectivity index (χ1) is 20.6. The number of aliphatic hydroxyl groups excluding tert-OH is 1. The molecule has 7 rings (SSSR count). The van der Waals surface area contributed by atoms with Gasteiger partial charge in [0, 0.05) is 28.6 Å². The second-order valence-corrected chi connectivity index (χ2v) is 11.6. The molecular formula is C33H36N6O3. The molecule has 0 atom stereocenters. The van der Waals surface area contributed by atoms with Crippen LogP contribution in [0.15, 0.2) is 60.7 Å². The van der Waals surface area contributed by atoms with Crippen LogP contribution in [-0.2, 0) is 0 Å². The summed E-state index contributed by atoms with van der Waals surface area (Å²) in [6.07, 6.45) is 7.36. The normalized spacial score (nSPS) is 19.4. The van der Waals surface area contributed by atoms with Crippen LogP contribution in [0.2, 0.25) is 0 Å². The van der Waals surface area contributed by atoms with Crippen molar-refractivity contribution in [2.24, 2.45) is 0 Å². The summed E-state index contributed by atoms with van der Waals surface area (Å²) in [5.41, 5.74) is 5.28. The molecular weight excluding hydrogens is 528 g/mol. The van der Waals surface area contributed by atoms with Gasteiger partial charge in [-0.25, -0.2) is 4.98 Å². The first-order valence-electron chi connectivity index (χ1n) is 15.0. The van der Waals surface area contributed by atoms with Gasteiger partial charge in [0.1, 0.15) is 5.75 Å². The zero-order chi connectivity index (χ0) is 28.6. The number of anilines is 2. The Morgan fingerprint density at radius 1 is 1.00 bits per heavy atom. The summed E-state index contributed by atoms with van der Waals surface area (Å²) in [7, 11) is 1.68. The third kappa shape index (κ3) is 4.98. The first-order valence-corrected chi connectivity index (χ1v) is 15.0. The monoisotopic (exact) mass is 564 g/mol. The van der Waals surface area contributed by atoms with Crippen LogP contribution in [0.25, 0.3) is 33.1 Å². The third-order valence-electron chi connectivity index (χ3n) is 8.88. The van der Waals surface area contributed by atoms with E-state index in [-0.39, 0.29) is 24.1 Å². The molecule has 0 radical (unpaired) electrons. The minimum atomic E-state index is -0.262. The zero-order valence-corrected chi connectivity index (χ0v) is 23.8. The molecule has 0 saturated heterocycles. The van der Waals surface area contributed by atoms with Crippen molar-refractivity contribution in [3.63, 3.8) is 0 Å². The molecule has 9 heteroatoms. The predicted molar refractivity (Wildman–Crippen MR) is 164 cm³/mol. The number of benzene rings is 3. The second-order valence-electron chi connectivity index (χ2n) is 11.6. The van der Waals surface area contributed by atoms with E-state index in [2.05, 4.69) is 37.5 Å². The molecule has 2 aliphatic rings. The lowest BCUT2D eigenvalue weighted by atomic mass is 9.93. The Kier molecular flexibility index (Phi) is 7.03. The summed E-state index contributed by atoms with van der Waals surface area (Å²) < 4.78 is 7.83. The Hall–Kier alpha value is -4.37. The molecule has 2 aromatic heterocycles. The van der Waals surface area contributed by atoms with Gasteiger partial charge in [-0.1, -0.05) is 37.1 Å². The summed E-state index contributed by atoms with van der Waals surface area (Å²) in [5, 5.41) is 25.6. The minimum absolute atomic E-state index is 0.0455. The molecule has 9 nitrogen and oxygen atoms in total. The number of H-pyrrole nitrogens is 1. The van der Waals surface area contributed by atoms with E-state index in [4.69, 9.17) is 9.72 Å². The van der Waals surface area contributed by atoms with Gasteiger partial charge in [0.2, 0.25) is 5.95 Å². The predicted octanol–water partition coefficient (Wildman–Crippen LogP) is 6.48. The Labute approximate surface area is 244 Å². The van der Waals surface area contributed by atoms with Gasteiger partial charge in [0.25, 0.3) is 5.91 Å². The molecule has 5 aromatic rings. The highest BCUT2D eigenvalue weighted by Crippen LogP contribution is 2.38. The molecule has 0 bridgehead atoms. The molecule has 216 valence electrons. The number of amides is 1. The van der Waals surface area contributed by atoms with Crippen LogP contribution in [0.4, 0.5) is 11.8 Å². The Morgan fingerprint density at radius 2 is 1.81 bits per heavy atom. The SMILES string of the molecule is COc1ccccc1-c1ccc2[nH]nc(Nc3nc4cc(C(=O)NC5CCCC5)ccc4n3[C@H]3CC[C@H](O)CC3)c2c1. The van der Waals surface area contributed by atoms with Gasteiger partial charge >= 0.3 is 0 Å². The van der Waals surface area contributed by atoms with Crippen molar-refractivity contribution in [1.29, 1.82) is 0 Å². The van der Waals surface area contributed by atoms with Crippen molar-refractivity contribution in [3.05, 3.63) is 66.2 Å². The van der Waals surface area contributed by atoms with E-state index in [1.165, 1.54) is 12.8 Å². The lowest BCUT2D eigenvalue weighted by Crippen LogP contribution is -2.32. The fourth-order valence-corrected chi connectivity index (χ4v) is 6.62. The van der Waals surface area contributed by atoms with Crippen LogP contribution < -0.4 is 15.4 Å². The van der Waals surface area contributed by atoms with Crippen molar-refractivity contribution < 1.29 is 14.6 Å². The smallest absolute Gasteiger partial charge is 0.251 e. The maximum absolute atomic E-state index is 13.1. The Bertz CT molecular complexity index is 1740. The minimum Gasteiger partial charge on any atom is -0.496 e. The van der Waals surface area contributed by atoms with Crippen LogP contribution in [0.5, 0.6) is 5.75 Å². The fourth-order valence-electron chi connectivity index (χ4n) is 6.62. The maximum atomic E-state index is 13.1. The number of carbonyl (C=O) groups excluding carboxylic acids is 1. The number of aliphatic hydroxyl groups is 1. The molecule has 2 fully saturated rings. The van der Waals surface area contributed by atoms with Gasteiger partial charge in [-0.3, -0.25) is 9.89 Å². The topological polar surface area (TPSA) is 117 Å². The highest BCUT2D eigenvalue weighted by molar-refractivity contribution is 5.99. The number of nitrogens with zero attached hydrogens (tertiary/aromatic N) is 3. The summed E-state index contributed by atoms with van der Waals surface area (Å²) in [5.74, 6) is 2.11. The number of rotatable bonds is 7. The van der Waals surface area contributed by atoms with Crippen molar-refractivity contribution >= 4 is 39.6 Å². The van der Waals surface area contributed by atoms with Gasteiger partial charge in [-0.05, 0) is 80.5 Å². The number of fused-ring (bicyclic) bond motifs is 2. The Balaban J connectivity index is 1.26. The summed E-state index contributed by atoms with van der Waals surface area (Å²) in [6, 6.07) is 20.4. The van der Waals surface area contributed by atoms with Crippen LogP contribution in [0.1, 0.15) is 67.8 Å². The quantitative estimate of drug-likeness (QED) is 0.180. The van der Waals surface area contributed by atoms with Crippen LogP contribution >= 0.6 is 0 Å². The lowest BCUT2D eigenvalue weighted by Gasteiger charge is -2.28. The number of methoxy groups -OCH3 is 1. The molecule has 42 heavy (non-hydrogen) atoms. The highest BCUT2D eigenvalue weighted by atomic mass is 16.5. The Morgan fingerprint density at radius 3 is 2.62 bits per heavy atom. The third-order valence-corrected chi connectivity index (χ3v) is 8.88. The van der Waals surface area contributed by atoms with Crippen LogP contribution in [0, 0.1) is 0 Å². The molecule has 2 heterocycles. The van der Waals surface area contributed by atoms with Crippen molar-refractivity contribution in [1.82, 2.24) is 25.1 Å². The molecule has 4 N–H and O–H groups in total. The first kappa shape index (κ1) is 26.5. The molecule has 3 aromatic carbocycles. The van der Waals surface area contributed by atoms with Gasteiger partial charge < -0.3 is 25.0 Å². The van der Waals surface area contributed by atoms with Gasteiger partial charge in [-0.15, -0.1) is 0 Å². The van der Waals surface area contributed by atoms with Crippen LogP contribution in [0.3, 0.4) is 0 Å². The van der Waals surface area contributed by atoms with Crippen molar-refractivity contribution in [2.45, 2.75) is 69.6 Å².